The van der Waals surface area contributed by atoms with Crippen LogP contribution in [0.25, 0.3) is 0 Å². The minimum Gasteiger partial charge on any atom is -0.338 e. The molecule has 1 amide bonds. The van der Waals surface area contributed by atoms with E-state index < -0.39 is 10.0 Å². The number of rotatable bonds is 5. The van der Waals surface area contributed by atoms with Crippen LogP contribution < -0.4 is 5.56 Å². The molecule has 144 valence electrons. The summed E-state index contributed by atoms with van der Waals surface area (Å²) in [6.45, 7) is 3.38. The van der Waals surface area contributed by atoms with E-state index in [0.717, 1.165) is 10.00 Å². The maximum Gasteiger partial charge on any atom is 0.266 e. The maximum absolute atomic E-state index is 12.5. The van der Waals surface area contributed by atoms with E-state index in [9.17, 15) is 18.0 Å². The Kier molecular flexibility index (Phi) is 5.16. The first-order valence-electron chi connectivity index (χ1n) is 8.55. The van der Waals surface area contributed by atoms with Crippen LogP contribution in [-0.4, -0.2) is 60.5 Å². The Hall–Kier alpha value is -2.52. The highest BCUT2D eigenvalue weighted by Crippen LogP contribution is 2.21. The minimum atomic E-state index is -3.51. The molecule has 0 aliphatic carbocycles. The summed E-state index contributed by atoms with van der Waals surface area (Å²) >= 11 is 0. The molecule has 0 spiro atoms. The number of carbonyl (C=O) groups is 1. The molecule has 3 rings (SSSR count). The van der Waals surface area contributed by atoms with E-state index in [1.165, 1.54) is 49.1 Å². The van der Waals surface area contributed by atoms with Crippen molar-refractivity contribution in [1.29, 1.82) is 0 Å². The number of hydrogen-bond donors (Lipinski definition) is 0. The van der Waals surface area contributed by atoms with Crippen molar-refractivity contribution >= 4 is 15.9 Å². The van der Waals surface area contributed by atoms with Crippen molar-refractivity contribution in [2.75, 3.05) is 27.2 Å². The molecule has 1 saturated heterocycles. The summed E-state index contributed by atoms with van der Waals surface area (Å²) in [6, 6.07) is 9.10. The third kappa shape index (κ3) is 3.93. The van der Waals surface area contributed by atoms with Gasteiger partial charge in [-0.3, -0.25) is 9.59 Å². The fourth-order valence-corrected chi connectivity index (χ4v) is 3.84. The summed E-state index contributed by atoms with van der Waals surface area (Å²) in [6.07, 6.45) is 0. The molecule has 8 nitrogen and oxygen atoms in total. The fraction of sp³-hybridized carbons (Fsp3) is 0.389. The second kappa shape index (κ2) is 7.24. The van der Waals surface area contributed by atoms with E-state index in [0.29, 0.717) is 25.2 Å². The molecule has 1 aromatic carbocycles. The number of hydrogen-bond acceptors (Lipinski definition) is 5. The molecule has 0 bridgehead atoms. The molecule has 9 heteroatoms. The van der Waals surface area contributed by atoms with Gasteiger partial charge in [-0.15, -0.1) is 0 Å². The molecule has 0 saturated carbocycles. The Morgan fingerprint density at radius 1 is 1.15 bits per heavy atom. The number of benzene rings is 1. The second-order valence-corrected chi connectivity index (χ2v) is 9.03. The van der Waals surface area contributed by atoms with Gasteiger partial charge in [-0.05, 0) is 37.3 Å². The van der Waals surface area contributed by atoms with E-state index in [1.54, 1.807) is 11.0 Å². The number of aryl methyl sites for hydroxylation is 1. The Morgan fingerprint density at radius 2 is 1.78 bits per heavy atom. The standard InChI is InChI=1S/C18H22N4O4S/c1-13-4-9-17(23)22(19-13)12-14-10-21(11-14)18(24)15-5-7-16(8-6-15)27(25,26)20(2)3/h4-9,14H,10-12H2,1-3H3. The average Bonchev–Trinajstić information content (AvgIpc) is 2.60. The van der Waals surface area contributed by atoms with Gasteiger partial charge in [0.25, 0.3) is 11.5 Å². The molecule has 0 radical (unpaired) electrons. The van der Waals surface area contributed by atoms with Crippen molar-refractivity contribution in [3.63, 3.8) is 0 Å². The molecule has 0 atom stereocenters. The van der Waals surface area contributed by atoms with E-state index in [2.05, 4.69) is 5.10 Å². The first-order chi connectivity index (χ1) is 12.7. The number of likely N-dealkylation sites (tertiary alicyclic amines) is 1. The third-order valence-corrected chi connectivity index (χ3v) is 6.38. The Balaban J connectivity index is 1.62. The van der Waals surface area contributed by atoms with Gasteiger partial charge < -0.3 is 4.90 Å². The number of aromatic nitrogens is 2. The van der Waals surface area contributed by atoms with Crippen LogP contribution in [0.3, 0.4) is 0 Å². The number of amides is 1. The number of nitrogens with zero attached hydrogens (tertiary/aromatic N) is 4. The van der Waals surface area contributed by atoms with Crippen molar-refractivity contribution in [3.8, 4) is 0 Å². The molecule has 1 fully saturated rings. The summed E-state index contributed by atoms with van der Waals surface area (Å²) in [7, 11) is -0.590. The maximum atomic E-state index is 12.5. The number of carbonyl (C=O) groups excluding carboxylic acids is 1. The van der Waals surface area contributed by atoms with Gasteiger partial charge in [0.15, 0.2) is 0 Å². The summed E-state index contributed by atoms with van der Waals surface area (Å²) < 4.78 is 26.7. The van der Waals surface area contributed by atoms with Crippen LogP contribution in [0, 0.1) is 12.8 Å². The largest absolute Gasteiger partial charge is 0.338 e. The van der Waals surface area contributed by atoms with Gasteiger partial charge in [-0.25, -0.2) is 17.4 Å². The highest BCUT2D eigenvalue weighted by molar-refractivity contribution is 7.89. The zero-order chi connectivity index (χ0) is 19.8. The lowest BCUT2D eigenvalue weighted by Gasteiger charge is -2.39. The van der Waals surface area contributed by atoms with Gasteiger partial charge in [-0.1, -0.05) is 0 Å². The number of sulfonamides is 1. The first-order valence-corrected chi connectivity index (χ1v) is 9.99. The molecule has 1 aliphatic rings. The Labute approximate surface area is 158 Å². The lowest BCUT2D eigenvalue weighted by molar-refractivity contribution is 0.0458. The molecular formula is C18H22N4O4S. The summed E-state index contributed by atoms with van der Waals surface area (Å²) in [5, 5.41) is 4.21. The van der Waals surface area contributed by atoms with Crippen molar-refractivity contribution in [3.05, 3.63) is 58.0 Å². The van der Waals surface area contributed by atoms with E-state index >= 15 is 0 Å². The van der Waals surface area contributed by atoms with Crippen LogP contribution in [0.4, 0.5) is 0 Å². The van der Waals surface area contributed by atoms with Crippen LogP contribution in [0.1, 0.15) is 16.1 Å². The van der Waals surface area contributed by atoms with Gasteiger partial charge in [0.1, 0.15) is 0 Å². The van der Waals surface area contributed by atoms with Crippen molar-refractivity contribution < 1.29 is 13.2 Å². The topological polar surface area (TPSA) is 92.6 Å². The minimum absolute atomic E-state index is 0.149. The van der Waals surface area contributed by atoms with Gasteiger partial charge in [-0.2, -0.15) is 5.10 Å². The third-order valence-electron chi connectivity index (χ3n) is 4.56. The van der Waals surface area contributed by atoms with Gasteiger partial charge >= 0.3 is 0 Å². The van der Waals surface area contributed by atoms with Crippen LogP contribution in [0.5, 0.6) is 0 Å². The highest BCUT2D eigenvalue weighted by Gasteiger charge is 2.32. The quantitative estimate of drug-likeness (QED) is 0.744. The van der Waals surface area contributed by atoms with Crippen LogP contribution in [0.15, 0.2) is 46.1 Å². The lowest BCUT2D eigenvalue weighted by atomic mass is 9.99. The molecule has 1 aromatic heterocycles. The van der Waals surface area contributed by atoms with E-state index in [1.807, 2.05) is 6.92 Å². The first kappa shape index (κ1) is 19.2. The second-order valence-electron chi connectivity index (χ2n) is 6.88. The van der Waals surface area contributed by atoms with Crippen LogP contribution >= 0.6 is 0 Å². The average molecular weight is 390 g/mol. The Bertz CT molecular complexity index is 1010. The predicted octanol–water partition coefficient (Wildman–Crippen LogP) is 0.574. The summed E-state index contributed by atoms with van der Waals surface area (Å²) in [4.78, 5) is 26.2. The Morgan fingerprint density at radius 3 is 2.37 bits per heavy atom. The fourth-order valence-electron chi connectivity index (χ4n) is 2.94. The van der Waals surface area contributed by atoms with Gasteiger partial charge in [0.05, 0.1) is 17.1 Å². The van der Waals surface area contributed by atoms with Crippen molar-refractivity contribution in [2.24, 2.45) is 5.92 Å². The monoisotopic (exact) mass is 390 g/mol. The molecule has 0 N–H and O–H groups in total. The van der Waals surface area contributed by atoms with E-state index in [-0.39, 0.29) is 22.3 Å². The smallest absolute Gasteiger partial charge is 0.266 e. The van der Waals surface area contributed by atoms with Crippen LogP contribution in [0.2, 0.25) is 0 Å². The zero-order valence-corrected chi connectivity index (χ0v) is 16.3. The normalized spacial score (nSPS) is 15.0. The highest BCUT2D eigenvalue weighted by atomic mass is 32.2. The summed E-state index contributed by atoms with van der Waals surface area (Å²) in [5.41, 5.74) is 1.06. The predicted molar refractivity (Wildman–Crippen MR) is 99.9 cm³/mol. The van der Waals surface area contributed by atoms with Gasteiger partial charge in [0.2, 0.25) is 10.0 Å². The molecular weight excluding hydrogens is 368 g/mol. The molecule has 0 unspecified atom stereocenters. The van der Waals surface area contributed by atoms with Crippen molar-refractivity contribution in [2.45, 2.75) is 18.4 Å². The summed E-state index contributed by atoms with van der Waals surface area (Å²) in [5.74, 6) is 0.0268. The molecule has 2 heterocycles. The van der Waals surface area contributed by atoms with E-state index in [4.69, 9.17) is 0 Å². The zero-order valence-electron chi connectivity index (χ0n) is 15.5. The molecule has 27 heavy (non-hydrogen) atoms. The lowest BCUT2D eigenvalue weighted by Crippen LogP contribution is -2.52. The SMILES string of the molecule is Cc1ccc(=O)n(CC2CN(C(=O)c3ccc(S(=O)(=O)N(C)C)cc3)C2)n1. The van der Waals surface area contributed by atoms with Crippen molar-refractivity contribution in [1.82, 2.24) is 19.0 Å². The van der Waals surface area contributed by atoms with Crippen LogP contribution in [-0.2, 0) is 16.6 Å². The van der Waals surface area contributed by atoms with Gasteiger partial charge in [0, 0.05) is 44.7 Å². The molecule has 1 aliphatic heterocycles. The molecule has 2 aromatic rings.